The van der Waals surface area contributed by atoms with E-state index in [1.54, 1.807) is 12.1 Å². The van der Waals surface area contributed by atoms with E-state index < -0.39 is 12.0 Å². The molecule has 0 radical (unpaired) electrons. The lowest BCUT2D eigenvalue weighted by Crippen LogP contribution is -2.32. The molecule has 1 atom stereocenters. The molecule has 4 N–H and O–H groups in total. The van der Waals surface area contributed by atoms with Gasteiger partial charge in [-0.25, -0.2) is 4.98 Å². The van der Waals surface area contributed by atoms with Crippen LogP contribution >= 0.6 is 11.8 Å². The zero-order valence-corrected chi connectivity index (χ0v) is 11.8. The summed E-state index contributed by atoms with van der Waals surface area (Å²) in [7, 11) is 0. The Morgan fingerprint density at radius 2 is 2.19 bits per heavy atom. The Hall–Kier alpha value is -2.25. The molecule has 0 aliphatic heterocycles. The van der Waals surface area contributed by atoms with Crippen molar-refractivity contribution < 1.29 is 14.3 Å². The lowest BCUT2D eigenvalue weighted by atomic mass is 10.2. The van der Waals surface area contributed by atoms with Gasteiger partial charge in [0.1, 0.15) is 11.8 Å². The molecule has 0 aliphatic carbocycles. The molecule has 7 heteroatoms. The van der Waals surface area contributed by atoms with Crippen LogP contribution in [0.25, 0.3) is 11.0 Å². The van der Waals surface area contributed by atoms with Crippen LogP contribution in [-0.4, -0.2) is 27.1 Å². The van der Waals surface area contributed by atoms with Crippen molar-refractivity contribution in [2.24, 2.45) is 5.73 Å². The van der Waals surface area contributed by atoms with E-state index in [4.69, 9.17) is 15.3 Å². The first-order valence-corrected chi connectivity index (χ1v) is 7.13. The number of H-pyrrole nitrogens is 1. The van der Waals surface area contributed by atoms with Crippen molar-refractivity contribution in [2.45, 2.75) is 22.7 Å². The highest BCUT2D eigenvalue weighted by Crippen LogP contribution is 2.29. The molecular weight excluding hydrogens is 290 g/mol. The zero-order valence-electron chi connectivity index (χ0n) is 10.9. The molecule has 2 heterocycles. The Morgan fingerprint density at radius 1 is 1.38 bits per heavy atom. The highest BCUT2D eigenvalue weighted by molar-refractivity contribution is 7.99. The number of nitrogens with two attached hydrogens (primary N) is 1. The second kappa shape index (κ2) is 5.63. The number of benzene rings is 1. The molecule has 3 aromatic rings. The third-order valence-electron chi connectivity index (χ3n) is 2.94. The number of aliphatic carboxylic acids is 1. The Balaban J connectivity index is 1.73. The second-order valence-electron chi connectivity index (χ2n) is 4.53. The fraction of sp³-hybridized carbons (Fsp3) is 0.143. The highest BCUT2D eigenvalue weighted by Gasteiger charge is 2.15. The number of aromatic amines is 1. The number of carbonyl (C=O) groups is 1. The number of furan rings is 1. The van der Waals surface area contributed by atoms with Gasteiger partial charge in [0, 0.05) is 6.42 Å². The topological polar surface area (TPSA) is 105 Å². The van der Waals surface area contributed by atoms with Gasteiger partial charge in [-0.15, -0.1) is 0 Å². The highest BCUT2D eigenvalue weighted by atomic mass is 32.2. The molecule has 2 aromatic heterocycles. The summed E-state index contributed by atoms with van der Waals surface area (Å²) in [6.45, 7) is 0. The normalized spacial score (nSPS) is 12.6. The van der Waals surface area contributed by atoms with Crippen LogP contribution in [0.3, 0.4) is 0 Å². The van der Waals surface area contributed by atoms with Gasteiger partial charge in [-0.3, -0.25) is 4.79 Å². The first-order valence-electron chi connectivity index (χ1n) is 6.31. The molecule has 0 fully saturated rings. The maximum atomic E-state index is 10.7. The van der Waals surface area contributed by atoms with Crippen LogP contribution in [0, 0.1) is 0 Å². The van der Waals surface area contributed by atoms with Gasteiger partial charge in [-0.2, -0.15) is 0 Å². The van der Waals surface area contributed by atoms with Crippen molar-refractivity contribution in [3.63, 3.8) is 0 Å². The quantitative estimate of drug-likeness (QED) is 0.667. The standard InChI is InChI=1S/C14H13N3O3S/c15-9(13(18)19)7-8-5-6-12(20-8)21-14-16-10-3-1-2-4-11(10)17-14/h1-6,9H,7,15H2,(H,16,17)(H,18,19). The first-order chi connectivity index (χ1) is 10.1. The number of carboxylic acid groups (broad SMARTS) is 1. The Morgan fingerprint density at radius 3 is 2.95 bits per heavy atom. The van der Waals surface area contributed by atoms with E-state index in [1.807, 2.05) is 24.3 Å². The molecule has 3 rings (SSSR count). The minimum atomic E-state index is -1.04. The minimum absolute atomic E-state index is 0.163. The van der Waals surface area contributed by atoms with Crippen LogP contribution in [-0.2, 0) is 11.2 Å². The number of nitrogens with one attached hydrogen (secondary N) is 1. The molecule has 1 aromatic carbocycles. The van der Waals surface area contributed by atoms with Crippen LogP contribution in [0.4, 0.5) is 0 Å². The number of aromatic nitrogens is 2. The molecule has 1 unspecified atom stereocenters. The first kappa shape index (κ1) is 13.7. The summed E-state index contributed by atoms with van der Waals surface area (Å²) in [4.78, 5) is 18.3. The fourth-order valence-corrected chi connectivity index (χ4v) is 2.68. The van der Waals surface area contributed by atoms with Gasteiger partial charge in [0.05, 0.1) is 11.0 Å². The number of carboxylic acids is 1. The predicted molar refractivity (Wildman–Crippen MR) is 78.2 cm³/mol. The third kappa shape index (κ3) is 3.09. The van der Waals surface area contributed by atoms with Crippen molar-refractivity contribution in [2.75, 3.05) is 0 Å². The molecule has 6 nitrogen and oxygen atoms in total. The summed E-state index contributed by atoms with van der Waals surface area (Å²) in [6, 6.07) is 10.3. The fourth-order valence-electron chi connectivity index (χ4n) is 1.90. The Kier molecular flexibility index (Phi) is 3.68. The van der Waals surface area contributed by atoms with Crippen LogP contribution in [0.2, 0.25) is 0 Å². The zero-order chi connectivity index (χ0) is 14.8. The molecule has 0 saturated heterocycles. The Labute approximate surface area is 124 Å². The molecular formula is C14H13N3O3S. The average molecular weight is 303 g/mol. The van der Waals surface area contributed by atoms with Crippen molar-refractivity contribution in [3.05, 3.63) is 42.2 Å². The van der Waals surface area contributed by atoms with Crippen molar-refractivity contribution >= 4 is 28.8 Å². The van der Waals surface area contributed by atoms with Gasteiger partial charge in [-0.1, -0.05) is 12.1 Å². The van der Waals surface area contributed by atoms with Gasteiger partial charge >= 0.3 is 5.97 Å². The van der Waals surface area contributed by atoms with Gasteiger partial charge in [0.2, 0.25) is 0 Å². The number of imidazole rings is 1. The summed E-state index contributed by atoms with van der Waals surface area (Å²) in [5, 5.41) is 10.1. The SMILES string of the molecule is NC(Cc1ccc(Sc2nc3ccccc3[nH]2)o1)C(=O)O. The van der Waals surface area contributed by atoms with Crippen LogP contribution < -0.4 is 5.73 Å². The molecule has 21 heavy (non-hydrogen) atoms. The number of nitrogens with zero attached hydrogens (tertiary/aromatic N) is 1. The van der Waals surface area contributed by atoms with Gasteiger partial charge in [-0.05, 0) is 36.0 Å². The van der Waals surface area contributed by atoms with Crippen LogP contribution in [0.15, 0.2) is 51.1 Å². The molecule has 0 bridgehead atoms. The average Bonchev–Trinajstić information content (AvgIpc) is 3.05. The van der Waals surface area contributed by atoms with E-state index in [2.05, 4.69) is 9.97 Å². The van der Waals surface area contributed by atoms with Crippen molar-refractivity contribution in [1.29, 1.82) is 0 Å². The van der Waals surface area contributed by atoms with E-state index >= 15 is 0 Å². The minimum Gasteiger partial charge on any atom is -0.480 e. The smallest absolute Gasteiger partial charge is 0.320 e. The number of fused-ring (bicyclic) bond motifs is 1. The summed E-state index contributed by atoms with van der Waals surface area (Å²) < 4.78 is 5.56. The lowest BCUT2D eigenvalue weighted by Gasteiger charge is -2.02. The summed E-state index contributed by atoms with van der Waals surface area (Å²) in [5.41, 5.74) is 7.32. The van der Waals surface area contributed by atoms with Crippen molar-refractivity contribution in [3.8, 4) is 0 Å². The second-order valence-corrected chi connectivity index (χ2v) is 5.52. The third-order valence-corrected chi connectivity index (χ3v) is 3.75. The van der Waals surface area contributed by atoms with E-state index in [0.717, 1.165) is 16.2 Å². The summed E-state index contributed by atoms with van der Waals surface area (Å²) in [5.74, 6) is -0.499. The number of hydrogen-bond acceptors (Lipinski definition) is 5. The number of rotatable bonds is 5. The maximum absolute atomic E-state index is 10.7. The predicted octanol–water partition coefficient (Wildman–Crippen LogP) is 2.26. The Bertz CT molecular complexity index is 747. The number of hydrogen-bond donors (Lipinski definition) is 3. The number of para-hydroxylation sites is 2. The van der Waals surface area contributed by atoms with Crippen molar-refractivity contribution in [1.82, 2.24) is 9.97 Å². The van der Waals surface area contributed by atoms with Gasteiger partial charge in [0.25, 0.3) is 0 Å². The van der Waals surface area contributed by atoms with Gasteiger partial charge < -0.3 is 20.2 Å². The van der Waals surface area contributed by atoms with E-state index in [-0.39, 0.29) is 6.42 Å². The van der Waals surface area contributed by atoms with E-state index in [1.165, 1.54) is 11.8 Å². The lowest BCUT2D eigenvalue weighted by molar-refractivity contribution is -0.138. The van der Waals surface area contributed by atoms with Crippen LogP contribution in [0.1, 0.15) is 5.76 Å². The van der Waals surface area contributed by atoms with Crippen LogP contribution in [0.5, 0.6) is 0 Å². The van der Waals surface area contributed by atoms with Gasteiger partial charge in [0.15, 0.2) is 10.2 Å². The monoisotopic (exact) mass is 303 g/mol. The summed E-state index contributed by atoms with van der Waals surface area (Å²) in [6.07, 6.45) is 0.163. The molecule has 0 spiro atoms. The molecule has 0 amide bonds. The molecule has 108 valence electrons. The maximum Gasteiger partial charge on any atom is 0.320 e. The molecule has 0 aliphatic rings. The molecule has 0 saturated carbocycles. The van der Waals surface area contributed by atoms with E-state index in [0.29, 0.717) is 10.9 Å². The van der Waals surface area contributed by atoms with E-state index in [9.17, 15) is 4.79 Å². The summed E-state index contributed by atoms with van der Waals surface area (Å²) >= 11 is 1.35. The largest absolute Gasteiger partial charge is 0.480 e.